The number of hydrogen-bond donors (Lipinski definition) is 2. The van der Waals surface area contributed by atoms with Gasteiger partial charge in [-0.2, -0.15) is 0 Å². The Kier molecular flexibility index (Phi) is 5.34. The van der Waals surface area contributed by atoms with Gasteiger partial charge in [-0.3, -0.25) is 0 Å². The van der Waals surface area contributed by atoms with Crippen LogP contribution >= 0.6 is 12.4 Å². The smallest absolute Gasteiger partial charge is 0.408 e. The first-order valence-electron chi connectivity index (χ1n) is 4.71. The summed E-state index contributed by atoms with van der Waals surface area (Å²) in [6, 6.07) is -0.271. The zero-order chi connectivity index (χ0) is 10.8. The number of nitrogens with one attached hydrogen (secondary N) is 1. The van der Waals surface area contributed by atoms with Crippen LogP contribution in [0.25, 0.3) is 0 Å². The zero-order valence-corrected chi connectivity index (χ0v) is 10.1. The normalized spacial score (nSPS) is 25.6. The molecule has 90 valence electrons. The largest absolute Gasteiger partial charge is 0.444 e. The molecule has 3 N–H and O–H groups in total. The van der Waals surface area contributed by atoms with E-state index in [-0.39, 0.29) is 24.5 Å². The van der Waals surface area contributed by atoms with Gasteiger partial charge in [0.1, 0.15) is 5.60 Å². The predicted octanol–water partition coefficient (Wildman–Crippen LogP) is 0.659. The van der Waals surface area contributed by atoms with E-state index in [0.717, 1.165) is 0 Å². The Labute approximate surface area is 96.1 Å². The van der Waals surface area contributed by atoms with E-state index < -0.39 is 11.7 Å². The van der Waals surface area contributed by atoms with E-state index in [0.29, 0.717) is 13.2 Å². The molecule has 2 atom stereocenters. The number of hydrogen-bond acceptors (Lipinski definition) is 4. The highest BCUT2D eigenvalue weighted by atomic mass is 35.5. The van der Waals surface area contributed by atoms with E-state index in [2.05, 4.69) is 5.32 Å². The second-order valence-electron chi connectivity index (χ2n) is 4.45. The average molecular weight is 239 g/mol. The molecule has 1 aliphatic heterocycles. The molecule has 0 unspecified atom stereocenters. The Hall–Kier alpha value is -0.520. The summed E-state index contributed by atoms with van der Waals surface area (Å²) >= 11 is 0. The fraction of sp³-hybridized carbons (Fsp3) is 0.889. The van der Waals surface area contributed by atoms with E-state index in [9.17, 15) is 4.79 Å². The van der Waals surface area contributed by atoms with Crippen molar-refractivity contribution in [2.75, 3.05) is 13.2 Å². The predicted molar refractivity (Wildman–Crippen MR) is 59.2 cm³/mol. The van der Waals surface area contributed by atoms with Crippen LogP contribution in [0.1, 0.15) is 20.8 Å². The third-order valence-electron chi connectivity index (χ3n) is 1.83. The topological polar surface area (TPSA) is 73.6 Å². The maximum Gasteiger partial charge on any atom is 0.408 e. The molecule has 0 saturated carbocycles. The van der Waals surface area contributed by atoms with Crippen molar-refractivity contribution in [1.82, 2.24) is 5.32 Å². The van der Waals surface area contributed by atoms with Crippen molar-refractivity contribution in [1.29, 1.82) is 0 Å². The van der Waals surface area contributed by atoms with Gasteiger partial charge in [-0.1, -0.05) is 0 Å². The summed E-state index contributed by atoms with van der Waals surface area (Å²) in [6.45, 7) is 6.40. The third-order valence-corrected chi connectivity index (χ3v) is 1.83. The lowest BCUT2D eigenvalue weighted by Crippen LogP contribution is -2.48. The molecule has 1 aliphatic rings. The van der Waals surface area contributed by atoms with Crippen LogP contribution in [0.3, 0.4) is 0 Å². The highest BCUT2D eigenvalue weighted by molar-refractivity contribution is 5.85. The van der Waals surface area contributed by atoms with Gasteiger partial charge >= 0.3 is 6.09 Å². The van der Waals surface area contributed by atoms with Crippen molar-refractivity contribution in [3.8, 4) is 0 Å². The molecule has 1 amide bonds. The SMILES string of the molecule is CC(C)(C)OC(=O)N[C@H]1COC[C@H]1N.Cl. The number of nitrogens with two attached hydrogens (primary N) is 1. The van der Waals surface area contributed by atoms with E-state index in [1.807, 2.05) is 20.8 Å². The molecule has 0 aromatic carbocycles. The fourth-order valence-electron chi connectivity index (χ4n) is 1.18. The van der Waals surface area contributed by atoms with Crippen molar-refractivity contribution in [3.05, 3.63) is 0 Å². The fourth-order valence-corrected chi connectivity index (χ4v) is 1.18. The molecule has 0 spiro atoms. The van der Waals surface area contributed by atoms with Crippen molar-refractivity contribution in [2.45, 2.75) is 38.5 Å². The van der Waals surface area contributed by atoms with Crippen LogP contribution in [0.4, 0.5) is 4.79 Å². The molecule has 6 heteroatoms. The Balaban J connectivity index is 0.00000196. The molecule has 1 rings (SSSR count). The van der Waals surface area contributed by atoms with Crippen molar-refractivity contribution >= 4 is 18.5 Å². The summed E-state index contributed by atoms with van der Waals surface area (Å²) in [4.78, 5) is 11.3. The Morgan fingerprint density at radius 3 is 2.47 bits per heavy atom. The van der Waals surface area contributed by atoms with Gasteiger partial charge in [0.05, 0.1) is 25.3 Å². The molecule has 1 fully saturated rings. The highest BCUT2D eigenvalue weighted by Crippen LogP contribution is 2.08. The lowest BCUT2D eigenvalue weighted by atomic mass is 10.2. The molecule has 0 aromatic rings. The number of carbonyl (C=O) groups is 1. The molecule has 15 heavy (non-hydrogen) atoms. The second-order valence-corrected chi connectivity index (χ2v) is 4.45. The van der Waals surface area contributed by atoms with Crippen LogP contribution in [0.5, 0.6) is 0 Å². The number of halogens is 1. The van der Waals surface area contributed by atoms with Crippen LogP contribution in [0.15, 0.2) is 0 Å². The Morgan fingerprint density at radius 2 is 2.07 bits per heavy atom. The number of ether oxygens (including phenoxy) is 2. The molecule has 0 aliphatic carbocycles. The number of rotatable bonds is 1. The molecule has 1 saturated heterocycles. The summed E-state index contributed by atoms with van der Waals surface area (Å²) in [5, 5.41) is 2.67. The van der Waals surface area contributed by atoms with Crippen molar-refractivity contribution < 1.29 is 14.3 Å². The molecule has 1 heterocycles. The van der Waals surface area contributed by atoms with Crippen LogP contribution in [-0.4, -0.2) is 37.0 Å². The maximum absolute atomic E-state index is 11.3. The molecular formula is C9H19ClN2O3. The van der Waals surface area contributed by atoms with E-state index in [1.54, 1.807) is 0 Å². The standard InChI is InChI=1S/C9H18N2O3.ClH/c1-9(2,3)14-8(12)11-7-5-13-4-6(7)10;/h6-7H,4-5,10H2,1-3H3,(H,11,12);1H/t6-,7+;/m1./s1. The first kappa shape index (κ1) is 14.5. The minimum absolute atomic E-state index is 0. The Bertz CT molecular complexity index is 218. The van der Waals surface area contributed by atoms with Gasteiger partial charge in [0, 0.05) is 0 Å². The van der Waals surface area contributed by atoms with Gasteiger partial charge < -0.3 is 20.5 Å². The molecular weight excluding hydrogens is 220 g/mol. The van der Waals surface area contributed by atoms with Gasteiger partial charge in [-0.05, 0) is 20.8 Å². The van der Waals surface area contributed by atoms with Crippen LogP contribution in [0.2, 0.25) is 0 Å². The number of amides is 1. The quantitative estimate of drug-likeness (QED) is 0.704. The second kappa shape index (κ2) is 5.53. The first-order chi connectivity index (χ1) is 6.38. The lowest BCUT2D eigenvalue weighted by molar-refractivity contribution is 0.0496. The minimum atomic E-state index is -0.479. The molecule has 5 nitrogen and oxygen atoms in total. The van der Waals surface area contributed by atoms with E-state index in [4.69, 9.17) is 15.2 Å². The monoisotopic (exact) mass is 238 g/mol. The van der Waals surface area contributed by atoms with E-state index in [1.165, 1.54) is 0 Å². The summed E-state index contributed by atoms with van der Waals surface area (Å²) in [5.74, 6) is 0. The zero-order valence-electron chi connectivity index (χ0n) is 9.28. The summed E-state index contributed by atoms with van der Waals surface area (Å²) in [7, 11) is 0. The summed E-state index contributed by atoms with van der Waals surface area (Å²) in [5.41, 5.74) is 5.22. The van der Waals surface area contributed by atoms with Crippen molar-refractivity contribution in [3.63, 3.8) is 0 Å². The molecule has 0 aromatic heterocycles. The van der Waals surface area contributed by atoms with Crippen molar-refractivity contribution in [2.24, 2.45) is 5.73 Å². The molecule has 0 bridgehead atoms. The average Bonchev–Trinajstić information content (AvgIpc) is 2.32. The number of carbonyl (C=O) groups excluding carboxylic acids is 1. The van der Waals surface area contributed by atoms with Gasteiger partial charge in [0.2, 0.25) is 0 Å². The number of alkyl carbamates (subject to hydrolysis) is 1. The highest BCUT2D eigenvalue weighted by Gasteiger charge is 2.28. The van der Waals surface area contributed by atoms with E-state index >= 15 is 0 Å². The first-order valence-corrected chi connectivity index (χ1v) is 4.71. The van der Waals surface area contributed by atoms with Gasteiger partial charge in [-0.25, -0.2) is 4.79 Å². The van der Waals surface area contributed by atoms with Crippen LogP contribution in [0, 0.1) is 0 Å². The van der Waals surface area contributed by atoms with Crippen LogP contribution < -0.4 is 11.1 Å². The lowest BCUT2D eigenvalue weighted by Gasteiger charge is -2.22. The summed E-state index contributed by atoms with van der Waals surface area (Å²) in [6.07, 6.45) is -0.441. The van der Waals surface area contributed by atoms with Gasteiger partial charge in [0.25, 0.3) is 0 Å². The van der Waals surface area contributed by atoms with Crippen LogP contribution in [-0.2, 0) is 9.47 Å². The molecule has 0 radical (unpaired) electrons. The minimum Gasteiger partial charge on any atom is -0.444 e. The van der Waals surface area contributed by atoms with Gasteiger partial charge in [-0.15, -0.1) is 12.4 Å². The van der Waals surface area contributed by atoms with Gasteiger partial charge in [0.15, 0.2) is 0 Å². The maximum atomic E-state index is 11.3. The summed E-state index contributed by atoms with van der Waals surface area (Å²) < 4.78 is 10.2. The third kappa shape index (κ3) is 5.20. The Morgan fingerprint density at radius 1 is 1.47 bits per heavy atom.